The van der Waals surface area contributed by atoms with Crippen molar-refractivity contribution in [1.82, 2.24) is 10.2 Å². The van der Waals surface area contributed by atoms with Crippen LogP contribution in [0.25, 0.3) is 0 Å². The van der Waals surface area contributed by atoms with Gasteiger partial charge >= 0.3 is 17.9 Å². The van der Waals surface area contributed by atoms with Crippen LogP contribution in [0.4, 0.5) is 0 Å². The smallest absolute Gasteiger partial charge is 0.356 e. The first-order valence-electron chi connectivity index (χ1n) is 14.0. The third-order valence-electron chi connectivity index (χ3n) is 7.27. The fourth-order valence-corrected chi connectivity index (χ4v) is 6.40. The van der Waals surface area contributed by atoms with E-state index >= 15 is 0 Å². The number of amides is 2. The third kappa shape index (κ3) is 6.83. The maximum atomic E-state index is 14.1. The Hall–Kier alpha value is -5.16. The predicted molar refractivity (Wildman–Crippen MR) is 165 cm³/mol. The highest BCUT2D eigenvalue weighted by Crippen LogP contribution is 2.42. The monoisotopic (exact) mass is 626 g/mol. The number of carbonyl (C=O) groups is 5. The van der Waals surface area contributed by atoms with Crippen molar-refractivity contribution in [2.75, 3.05) is 20.0 Å². The quantitative estimate of drug-likeness (QED) is 0.0898. The number of thioether (sulfide) groups is 1. The maximum Gasteiger partial charge on any atom is 0.356 e. The molecule has 0 unspecified atom stereocenters. The van der Waals surface area contributed by atoms with E-state index in [4.69, 9.17) is 14.2 Å². The lowest BCUT2D eigenvalue weighted by Crippen LogP contribution is -2.70. The highest BCUT2D eigenvalue weighted by molar-refractivity contribution is 8.00. The molecule has 1 N–H and O–H groups in total. The molecule has 5 rings (SSSR count). The Morgan fingerprint density at radius 2 is 1.40 bits per heavy atom. The molecule has 11 heteroatoms. The van der Waals surface area contributed by atoms with E-state index in [1.807, 2.05) is 91.0 Å². The Morgan fingerprint density at radius 3 is 1.93 bits per heavy atom. The molecule has 10 nitrogen and oxygen atoms in total. The number of benzene rings is 3. The van der Waals surface area contributed by atoms with Crippen LogP contribution in [0.1, 0.15) is 22.8 Å². The van der Waals surface area contributed by atoms with Crippen molar-refractivity contribution in [1.29, 1.82) is 0 Å². The standard InChI is InChI=1S/C34H30N2O8S/c1-42-32(39)25(33(40)43-2)19-24-20-45-31-27(35-26(37)18-21-12-6-3-7-13-21)30(38)36(31)28(24)34(41)44-29(22-14-8-4-9-15-22)23-16-10-5-11-17-23/h3-17,19,27,29,31H,18,20H2,1-2H3,(H,35,37)/t27-,31-/m1/s1. The molecule has 0 aliphatic carbocycles. The summed E-state index contributed by atoms with van der Waals surface area (Å²) >= 11 is 1.27. The minimum atomic E-state index is -0.971. The second kappa shape index (κ2) is 14.1. The molecule has 0 radical (unpaired) electrons. The number of carbonyl (C=O) groups excluding carboxylic acids is 5. The van der Waals surface area contributed by atoms with Crippen LogP contribution in [-0.2, 0) is 44.6 Å². The van der Waals surface area contributed by atoms with E-state index < -0.39 is 46.9 Å². The Labute approximate surface area is 264 Å². The topological polar surface area (TPSA) is 128 Å². The first-order chi connectivity index (χ1) is 21.8. The van der Waals surface area contributed by atoms with Gasteiger partial charge in [-0.25, -0.2) is 14.4 Å². The second-order valence-corrected chi connectivity index (χ2v) is 11.2. The Morgan fingerprint density at radius 1 is 0.867 bits per heavy atom. The first-order valence-corrected chi connectivity index (χ1v) is 15.1. The van der Waals surface area contributed by atoms with Crippen molar-refractivity contribution in [3.8, 4) is 0 Å². The molecule has 0 saturated carbocycles. The fourth-order valence-electron chi connectivity index (χ4n) is 5.09. The number of hydrogen-bond acceptors (Lipinski definition) is 9. The van der Waals surface area contributed by atoms with Gasteiger partial charge in [-0.3, -0.25) is 14.5 Å². The summed E-state index contributed by atoms with van der Waals surface area (Å²) in [5, 5.41) is 2.17. The van der Waals surface area contributed by atoms with Crippen molar-refractivity contribution >= 4 is 41.5 Å². The van der Waals surface area contributed by atoms with Gasteiger partial charge in [-0.1, -0.05) is 91.0 Å². The SMILES string of the molecule is COC(=O)C(=CC1=C(C(=O)OC(c2ccccc2)c2ccccc2)N2C(=O)[C@@H](NC(=O)Cc3ccccc3)[C@H]2SC1)C(=O)OC. The Kier molecular flexibility index (Phi) is 9.79. The van der Waals surface area contributed by atoms with Crippen LogP contribution in [0, 0.1) is 0 Å². The number of nitrogens with one attached hydrogen (secondary N) is 1. The molecule has 0 bridgehead atoms. The Bertz CT molecular complexity index is 1600. The molecule has 2 heterocycles. The summed E-state index contributed by atoms with van der Waals surface area (Å²) in [7, 11) is 2.22. The number of hydrogen-bond donors (Lipinski definition) is 1. The molecule has 2 amide bonds. The van der Waals surface area contributed by atoms with Gasteiger partial charge in [0, 0.05) is 5.75 Å². The van der Waals surface area contributed by atoms with Crippen LogP contribution in [0.5, 0.6) is 0 Å². The zero-order valence-electron chi connectivity index (χ0n) is 24.5. The van der Waals surface area contributed by atoms with Gasteiger partial charge in [0.05, 0.1) is 20.6 Å². The van der Waals surface area contributed by atoms with E-state index in [-0.39, 0.29) is 29.4 Å². The lowest BCUT2D eigenvalue weighted by atomic mass is 9.99. The number of methoxy groups -OCH3 is 2. The molecule has 1 saturated heterocycles. The summed E-state index contributed by atoms with van der Waals surface area (Å²) in [4.78, 5) is 66.7. The molecule has 3 aromatic carbocycles. The number of ether oxygens (including phenoxy) is 3. The average Bonchev–Trinajstić information content (AvgIpc) is 3.08. The summed E-state index contributed by atoms with van der Waals surface area (Å²) in [5.41, 5.74) is 1.78. The van der Waals surface area contributed by atoms with Crippen molar-refractivity contribution in [3.05, 3.63) is 131 Å². The van der Waals surface area contributed by atoms with Gasteiger partial charge in [0.15, 0.2) is 6.10 Å². The lowest BCUT2D eigenvalue weighted by molar-refractivity contribution is -0.154. The van der Waals surface area contributed by atoms with E-state index in [0.29, 0.717) is 11.1 Å². The van der Waals surface area contributed by atoms with Crippen LogP contribution in [0.3, 0.4) is 0 Å². The van der Waals surface area contributed by atoms with E-state index in [1.165, 1.54) is 22.7 Å². The molecular weight excluding hydrogens is 596 g/mol. The summed E-state index contributed by atoms with van der Waals surface area (Å²) in [5.74, 6) is -3.54. The van der Waals surface area contributed by atoms with Gasteiger partial charge in [0.25, 0.3) is 5.91 Å². The average molecular weight is 627 g/mol. The van der Waals surface area contributed by atoms with Crippen LogP contribution in [-0.4, -0.2) is 66.0 Å². The van der Waals surface area contributed by atoms with Crippen LogP contribution >= 0.6 is 11.8 Å². The predicted octanol–water partition coefficient (Wildman–Crippen LogP) is 3.49. The third-order valence-corrected chi connectivity index (χ3v) is 8.58. The zero-order valence-corrected chi connectivity index (χ0v) is 25.3. The van der Waals surface area contributed by atoms with Gasteiger partial charge in [0.1, 0.15) is 22.7 Å². The van der Waals surface area contributed by atoms with Crippen LogP contribution in [0.2, 0.25) is 0 Å². The number of β-lactam (4-membered cyclic amide) rings is 1. The van der Waals surface area contributed by atoms with Gasteiger partial charge in [-0.05, 0) is 28.3 Å². The number of rotatable bonds is 10. The van der Waals surface area contributed by atoms with Gasteiger partial charge in [0.2, 0.25) is 5.91 Å². The van der Waals surface area contributed by atoms with E-state index in [9.17, 15) is 24.0 Å². The van der Waals surface area contributed by atoms with Crippen molar-refractivity contribution in [2.24, 2.45) is 0 Å². The maximum absolute atomic E-state index is 14.1. The van der Waals surface area contributed by atoms with Crippen molar-refractivity contribution < 1.29 is 38.2 Å². The van der Waals surface area contributed by atoms with Gasteiger partial charge in [-0.2, -0.15) is 0 Å². The van der Waals surface area contributed by atoms with E-state index in [1.54, 1.807) is 0 Å². The van der Waals surface area contributed by atoms with Gasteiger partial charge in [-0.15, -0.1) is 11.8 Å². The normalized spacial score (nSPS) is 17.0. The molecule has 3 aromatic rings. The molecule has 2 aliphatic rings. The van der Waals surface area contributed by atoms with Crippen molar-refractivity contribution in [3.63, 3.8) is 0 Å². The molecule has 45 heavy (non-hydrogen) atoms. The number of nitrogens with zero attached hydrogens (tertiary/aromatic N) is 1. The summed E-state index contributed by atoms with van der Waals surface area (Å²) in [6.07, 6.45) is 0.439. The second-order valence-electron chi connectivity index (χ2n) is 10.1. The zero-order chi connectivity index (χ0) is 31.9. The van der Waals surface area contributed by atoms with E-state index in [2.05, 4.69) is 5.32 Å². The highest BCUT2D eigenvalue weighted by atomic mass is 32.2. The molecule has 0 aromatic heterocycles. The fraction of sp³-hybridized carbons (Fsp3) is 0.206. The Balaban J connectivity index is 1.50. The molecule has 0 spiro atoms. The van der Waals surface area contributed by atoms with E-state index in [0.717, 1.165) is 19.8 Å². The number of fused-ring (bicyclic) bond motifs is 1. The number of allylic oxidation sites excluding steroid dienone is 1. The number of esters is 3. The lowest BCUT2D eigenvalue weighted by Gasteiger charge is -2.49. The summed E-state index contributed by atoms with van der Waals surface area (Å²) < 4.78 is 15.6. The van der Waals surface area contributed by atoms with Crippen LogP contribution < -0.4 is 5.32 Å². The molecule has 230 valence electrons. The summed E-state index contributed by atoms with van der Waals surface area (Å²) in [6, 6.07) is 26.5. The van der Waals surface area contributed by atoms with Crippen LogP contribution in [0.15, 0.2) is 114 Å². The first kappa shape index (κ1) is 31.3. The molecular formula is C34H30N2O8S. The summed E-state index contributed by atoms with van der Waals surface area (Å²) in [6.45, 7) is 0. The molecule has 2 aliphatic heterocycles. The highest BCUT2D eigenvalue weighted by Gasteiger charge is 2.54. The minimum absolute atomic E-state index is 0.0815. The molecule has 1 fully saturated rings. The minimum Gasteiger partial charge on any atom is -0.465 e. The van der Waals surface area contributed by atoms with Crippen molar-refractivity contribution in [2.45, 2.75) is 23.9 Å². The largest absolute Gasteiger partial charge is 0.465 e. The van der Waals surface area contributed by atoms with Gasteiger partial charge < -0.3 is 19.5 Å². The molecule has 2 atom stereocenters.